The van der Waals surface area contributed by atoms with E-state index in [0.29, 0.717) is 0 Å². The number of rotatable bonds is 9. The van der Waals surface area contributed by atoms with E-state index in [0.717, 1.165) is 25.9 Å². The van der Waals surface area contributed by atoms with E-state index >= 15 is 0 Å². The summed E-state index contributed by atoms with van der Waals surface area (Å²) in [4.78, 5) is 0. The lowest BCUT2D eigenvalue weighted by Crippen LogP contribution is -2.41. The van der Waals surface area contributed by atoms with Gasteiger partial charge in [-0.15, -0.1) is 0 Å². The van der Waals surface area contributed by atoms with Gasteiger partial charge in [-0.3, -0.25) is 0 Å². The molecule has 0 radical (unpaired) electrons. The Morgan fingerprint density at radius 2 is 1.84 bits per heavy atom. The number of aliphatic hydroxyl groups is 1. The second-order valence-electron chi connectivity index (χ2n) is 6.89. The van der Waals surface area contributed by atoms with Crippen molar-refractivity contribution in [2.24, 2.45) is 0 Å². The molecular formula is C16H34O2Si. The van der Waals surface area contributed by atoms with E-state index in [1.165, 1.54) is 12.8 Å². The zero-order valence-corrected chi connectivity index (χ0v) is 14.8. The summed E-state index contributed by atoms with van der Waals surface area (Å²) in [7, 11) is -1.61. The summed E-state index contributed by atoms with van der Waals surface area (Å²) >= 11 is 0. The summed E-state index contributed by atoms with van der Waals surface area (Å²) in [5.74, 6) is 0. The summed E-state index contributed by atoms with van der Waals surface area (Å²) in [5, 5.41) is 10.1. The molecule has 1 unspecified atom stereocenters. The molecule has 2 nitrogen and oxygen atoms in total. The van der Waals surface area contributed by atoms with Gasteiger partial charge in [0, 0.05) is 6.61 Å². The highest BCUT2D eigenvalue weighted by Crippen LogP contribution is 2.36. The normalized spacial score (nSPS) is 15.1. The summed E-state index contributed by atoms with van der Waals surface area (Å²) in [5.41, 5.74) is 0. The van der Waals surface area contributed by atoms with Crippen LogP contribution in [0.15, 0.2) is 12.2 Å². The highest BCUT2D eigenvalue weighted by molar-refractivity contribution is 6.74. The zero-order valence-electron chi connectivity index (χ0n) is 13.8. The van der Waals surface area contributed by atoms with Crippen molar-refractivity contribution in [3.8, 4) is 0 Å². The highest BCUT2D eigenvalue weighted by atomic mass is 28.4. The van der Waals surface area contributed by atoms with E-state index in [-0.39, 0.29) is 11.1 Å². The van der Waals surface area contributed by atoms with Crippen molar-refractivity contribution >= 4 is 8.32 Å². The standard InChI is InChI=1S/C16H34O2Si/c1-7-8-9-10-12-15(17)13-11-14-18-19(5,6)16(2,3)4/h10,12,15,17H,7-9,11,13-14H2,1-6H3/b12-10+. The van der Waals surface area contributed by atoms with Crippen LogP contribution in [0.5, 0.6) is 0 Å². The molecule has 114 valence electrons. The van der Waals surface area contributed by atoms with Gasteiger partial charge in [-0.1, -0.05) is 52.7 Å². The zero-order chi connectivity index (χ0) is 14.9. The van der Waals surface area contributed by atoms with Gasteiger partial charge < -0.3 is 9.53 Å². The minimum absolute atomic E-state index is 0.270. The van der Waals surface area contributed by atoms with Crippen LogP contribution < -0.4 is 0 Å². The van der Waals surface area contributed by atoms with Crippen LogP contribution in [0.3, 0.4) is 0 Å². The van der Waals surface area contributed by atoms with Gasteiger partial charge in [0.2, 0.25) is 0 Å². The number of hydrogen-bond acceptors (Lipinski definition) is 2. The highest BCUT2D eigenvalue weighted by Gasteiger charge is 2.36. The first-order chi connectivity index (χ1) is 8.70. The van der Waals surface area contributed by atoms with Gasteiger partial charge in [-0.2, -0.15) is 0 Å². The minimum Gasteiger partial charge on any atom is -0.417 e. The lowest BCUT2D eigenvalue weighted by molar-refractivity contribution is 0.191. The first-order valence-corrected chi connectivity index (χ1v) is 10.6. The van der Waals surface area contributed by atoms with Crippen LogP contribution in [-0.4, -0.2) is 26.1 Å². The van der Waals surface area contributed by atoms with Gasteiger partial charge >= 0.3 is 0 Å². The maximum Gasteiger partial charge on any atom is 0.191 e. The molecule has 1 N–H and O–H groups in total. The van der Waals surface area contributed by atoms with Crippen molar-refractivity contribution in [2.45, 2.75) is 84.0 Å². The first-order valence-electron chi connectivity index (χ1n) is 7.69. The molecule has 0 aliphatic heterocycles. The van der Waals surface area contributed by atoms with Gasteiger partial charge in [0.15, 0.2) is 8.32 Å². The molecule has 0 heterocycles. The fourth-order valence-corrected chi connectivity index (χ4v) is 2.60. The Bertz CT molecular complexity index is 254. The van der Waals surface area contributed by atoms with Crippen molar-refractivity contribution in [1.29, 1.82) is 0 Å². The van der Waals surface area contributed by atoms with Crippen molar-refractivity contribution in [3.05, 3.63) is 12.2 Å². The molecule has 0 saturated carbocycles. The second-order valence-corrected chi connectivity index (χ2v) is 11.7. The van der Waals surface area contributed by atoms with Gasteiger partial charge in [0.1, 0.15) is 0 Å². The van der Waals surface area contributed by atoms with Crippen molar-refractivity contribution in [2.75, 3.05) is 6.61 Å². The Morgan fingerprint density at radius 3 is 2.37 bits per heavy atom. The summed E-state index contributed by atoms with van der Waals surface area (Å²) in [6.07, 6.45) is 8.96. The fraction of sp³-hybridized carbons (Fsp3) is 0.875. The van der Waals surface area contributed by atoms with E-state index in [2.05, 4.69) is 46.9 Å². The topological polar surface area (TPSA) is 29.5 Å². The van der Waals surface area contributed by atoms with Crippen molar-refractivity contribution in [3.63, 3.8) is 0 Å². The number of allylic oxidation sites excluding steroid dienone is 1. The van der Waals surface area contributed by atoms with Gasteiger partial charge in [0.05, 0.1) is 6.10 Å². The third-order valence-corrected chi connectivity index (χ3v) is 8.53. The van der Waals surface area contributed by atoms with Gasteiger partial charge in [-0.25, -0.2) is 0 Å². The molecule has 0 aliphatic rings. The van der Waals surface area contributed by atoms with Gasteiger partial charge in [-0.05, 0) is 37.4 Å². The average Bonchev–Trinajstić information content (AvgIpc) is 2.29. The SMILES string of the molecule is CCCC/C=C/C(O)CCCO[Si](C)(C)C(C)(C)C. The van der Waals surface area contributed by atoms with Crippen LogP contribution in [0.25, 0.3) is 0 Å². The smallest absolute Gasteiger partial charge is 0.191 e. The number of hydrogen-bond donors (Lipinski definition) is 1. The fourth-order valence-electron chi connectivity index (χ4n) is 1.51. The molecule has 0 aromatic heterocycles. The number of unbranched alkanes of at least 4 members (excludes halogenated alkanes) is 2. The van der Waals surface area contributed by atoms with Crippen molar-refractivity contribution in [1.82, 2.24) is 0 Å². The summed E-state index contributed by atoms with van der Waals surface area (Å²) in [6, 6.07) is 0. The molecule has 0 aliphatic carbocycles. The van der Waals surface area contributed by atoms with Gasteiger partial charge in [0.25, 0.3) is 0 Å². The van der Waals surface area contributed by atoms with Crippen LogP contribution in [0.1, 0.15) is 59.8 Å². The van der Waals surface area contributed by atoms with E-state index < -0.39 is 8.32 Å². The molecular weight excluding hydrogens is 252 g/mol. The Hall–Kier alpha value is -0.123. The summed E-state index contributed by atoms with van der Waals surface area (Å²) in [6.45, 7) is 14.3. The van der Waals surface area contributed by atoms with E-state index in [4.69, 9.17) is 4.43 Å². The van der Waals surface area contributed by atoms with E-state index in [9.17, 15) is 5.11 Å². The molecule has 0 aromatic carbocycles. The number of aliphatic hydroxyl groups excluding tert-OH is 1. The molecule has 0 spiro atoms. The Balaban J connectivity index is 3.77. The Morgan fingerprint density at radius 1 is 1.21 bits per heavy atom. The van der Waals surface area contributed by atoms with Crippen LogP contribution in [0.4, 0.5) is 0 Å². The third-order valence-electron chi connectivity index (χ3n) is 4.00. The Kier molecular flexibility index (Phi) is 8.87. The van der Waals surface area contributed by atoms with Crippen LogP contribution >= 0.6 is 0 Å². The van der Waals surface area contributed by atoms with Crippen LogP contribution in [-0.2, 0) is 4.43 Å². The molecule has 0 amide bonds. The minimum atomic E-state index is -1.61. The summed E-state index contributed by atoms with van der Waals surface area (Å²) < 4.78 is 6.09. The van der Waals surface area contributed by atoms with Crippen LogP contribution in [0.2, 0.25) is 18.1 Å². The predicted molar refractivity (Wildman–Crippen MR) is 87.1 cm³/mol. The molecule has 0 aromatic rings. The molecule has 0 bridgehead atoms. The molecule has 0 saturated heterocycles. The van der Waals surface area contributed by atoms with Crippen molar-refractivity contribution < 1.29 is 9.53 Å². The lowest BCUT2D eigenvalue weighted by atomic mass is 10.1. The Labute approximate surface area is 121 Å². The van der Waals surface area contributed by atoms with E-state index in [1.807, 2.05) is 6.08 Å². The molecule has 0 rings (SSSR count). The lowest BCUT2D eigenvalue weighted by Gasteiger charge is -2.36. The quantitative estimate of drug-likeness (QED) is 0.371. The average molecular weight is 287 g/mol. The largest absolute Gasteiger partial charge is 0.417 e. The predicted octanol–water partition coefficient (Wildman–Crippen LogP) is 4.90. The van der Waals surface area contributed by atoms with Crippen LogP contribution in [0, 0.1) is 0 Å². The third kappa shape index (κ3) is 8.61. The molecule has 19 heavy (non-hydrogen) atoms. The molecule has 0 fully saturated rings. The second kappa shape index (κ2) is 8.93. The van der Waals surface area contributed by atoms with E-state index in [1.54, 1.807) is 0 Å². The molecule has 3 heteroatoms. The first kappa shape index (κ1) is 18.9. The maximum absolute atomic E-state index is 9.81. The monoisotopic (exact) mass is 286 g/mol. The molecule has 1 atom stereocenters. The maximum atomic E-state index is 9.81.